The van der Waals surface area contributed by atoms with Gasteiger partial charge in [0.1, 0.15) is 5.69 Å². The van der Waals surface area contributed by atoms with E-state index in [2.05, 4.69) is 21.0 Å². The Labute approximate surface area is 110 Å². The maximum absolute atomic E-state index is 12.1. The molecule has 0 fully saturated rings. The fourth-order valence-electron chi connectivity index (χ4n) is 1.56. The molecule has 0 aliphatic carbocycles. The highest BCUT2D eigenvalue weighted by Crippen LogP contribution is 2.21. The van der Waals surface area contributed by atoms with Crippen molar-refractivity contribution in [3.05, 3.63) is 16.4 Å². The zero-order valence-corrected chi connectivity index (χ0v) is 12.3. The maximum atomic E-state index is 12.1. The Kier molecular flexibility index (Phi) is 5.33. The highest BCUT2D eigenvalue weighted by molar-refractivity contribution is 9.10. The standard InChI is InChI=1S/C12H19BrN2O2/c1-8(2)15-12(10(13)7-14-15)11(16)6-5-9(3)17-4/h7-9H,5-6H2,1-4H3. The van der Waals surface area contributed by atoms with Crippen molar-refractivity contribution in [2.75, 3.05) is 7.11 Å². The second kappa shape index (κ2) is 6.31. The van der Waals surface area contributed by atoms with Crippen molar-refractivity contribution in [1.82, 2.24) is 9.78 Å². The van der Waals surface area contributed by atoms with Crippen LogP contribution in [0.3, 0.4) is 0 Å². The van der Waals surface area contributed by atoms with E-state index in [4.69, 9.17) is 4.74 Å². The molecule has 0 radical (unpaired) electrons. The Bertz CT molecular complexity index is 388. The molecule has 0 saturated heterocycles. The van der Waals surface area contributed by atoms with Crippen molar-refractivity contribution in [1.29, 1.82) is 0 Å². The molecule has 5 heteroatoms. The lowest BCUT2D eigenvalue weighted by atomic mass is 10.1. The molecular weight excluding hydrogens is 284 g/mol. The summed E-state index contributed by atoms with van der Waals surface area (Å²) in [6, 6.07) is 0.181. The highest BCUT2D eigenvalue weighted by atomic mass is 79.9. The lowest BCUT2D eigenvalue weighted by Gasteiger charge is -2.12. The smallest absolute Gasteiger partial charge is 0.182 e. The third-order valence-corrected chi connectivity index (χ3v) is 3.26. The first-order valence-corrected chi connectivity index (χ1v) is 6.55. The predicted molar refractivity (Wildman–Crippen MR) is 70.3 cm³/mol. The highest BCUT2D eigenvalue weighted by Gasteiger charge is 2.19. The van der Waals surface area contributed by atoms with E-state index >= 15 is 0 Å². The van der Waals surface area contributed by atoms with E-state index in [1.54, 1.807) is 18.0 Å². The molecule has 0 aliphatic rings. The molecule has 0 N–H and O–H groups in total. The number of hydrogen-bond donors (Lipinski definition) is 0. The largest absolute Gasteiger partial charge is 0.382 e. The fourth-order valence-corrected chi connectivity index (χ4v) is 2.06. The molecule has 0 amide bonds. The number of Topliss-reactive ketones (excluding diaryl/α,β-unsaturated/α-hetero) is 1. The van der Waals surface area contributed by atoms with E-state index in [1.807, 2.05) is 20.8 Å². The Morgan fingerprint density at radius 2 is 2.18 bits per heavy atom. The molecular formula is C12H19BrN2O2. The zero-order chi connectivity index (χ0) is 13.0. The molecule has 0 saturated carbocycles. The van der Waals surface area contributed by atoms with Gasteiger partial charge in [0, 0.05) is 19.6 Å². The number of carbonyl (C=O) groups is 1. The van der Waals surface area contributed by atoms with Crippen molar-refractivity contribution >= 4 is 21.7 Å². The summed E-state index contributed by atoms with van der Waals surface area (Å²) >= 11 is 3.37. The van der Waals surface area contributed by atoms with Gasteiger partial charge in [0.25, 0.3) is 0 Å². The summed E-state index contributed by atoms with van der Waals surface area (Å²) in [7, 11) is 1.66. The number of nitrogens with zero attached hydrogens (tertiary/aromatic N) is 2. The van der Waals surface area contributed by atoms with Crippen molar-refractivity contribution < 1.29 is 9.53 Å². The number of carbonyl (C=O) groups excluding carboxylic acids is 1. The molecule has 1 unspecified atom stereocenters. The quantitative estimate of drug-likeness (QED) is 0.758. The van der Waals surface area contributed by atoms with Crippen LogP contribution in [-0.4, -0.2) is 28.8 Å². The van der Waals surface area contributed by atoms with Gasteiger partial charge < -0.3 is 4.74 Å². The van der Waals surface area contributed by atoms with Crippen LogP contribution in [0.15, 0.2) is 10.7 Å². The Morgan fingerprint density at radius 3 is 2.71 bits per heavy atom. The molecule has 1 aromatic heterocycles. The van der Waals surface area contributed by atoms with Gasteiger partial charge in [-0.1, -0.05) is 0 Å². The van der Waals surface area contributed by atoms with Crippen molar-refractivity contribution in [3.8, 4) is 0 Å². The number of aromatic nitrogens is 2. The number of hydrogen-bond acceptors (Lipinski definition) is 3. The van der Waals surface area contributed by atoms with Gasteiger partial charge in [-0.25, -0.2) is 0 Å². The number of ketones is 1. The van der Waals surface area contributed by atoms with Crippen LogP contribution in [-0.2, 0) is 4.74 Å². The normalized spacial score (nSPS) is 13.1. The maximum Gasteiger partial charge on any atom is 0.182 e. The van der Waals surface area contributed by atoms with Gasteiger partial charge in [-0.3, -0.25) is 9.48 Å². The monoisotopic (exact) mass is 302 g/mol. The summed E-state index contributed by atoms with van der Waals surface area (Å²) in [6.07, 6.45) is 2.98. The molecule has 96 valence electrons. The molecule has 1 aromatic rings. The lowest BCUT2D eigenvalue weighted by Crippen LogP contribution is -2.15. The number of rotatable bonds is 6. The summed E-state index contributed by atoms with van der Waals surface area (Å²) in [5, 5.41) is 4.20. The molecule has 0 aromatic carbocycles. The van der Waals surface area contributed by atoms with Gasteiger partial charge in [-0.15, -0.1) is 0 Å². The number of methoxy groups -OCH3 is 1. The number of halogens is 1. The summed E-state index contributed by atoms with van der Waals surface area (Å²) in [6.45, 7) is 5.98. The van der Waals surface area contributed by atoms with E-state index in [-0.39, 0.29) is 17.9 Å². The third-order valence-electron chi connectivity index (χ3n) is 2.68. The van der Waals surface area contributed by atoms with Gasteiger partial charge in [0.2, 0.25) is 0 Å². The first-order chi connectivity index (χ1) is 7.97. The average molecular weight is 303 g/mol. The van der Waals surface area contributed by atoms with E-state index in [9.17, 15) is 4.79 Å². The van der Waals surface area contributed by atoms with Crippen LogP contribution < -0.4 is 0 Å². The number of ether oxygens (including phenoxy) is 1. The van der Waals surface area contributed by atoms with Gasteiger partial charge in [0.05, 0.1) is 16.8 Å². The van der Waals surface area contributed by atoms with Crippen molar-refractivity contribution in [2.24, 2.45) is 0 Å². The molecule has 17 heavy (non-hydrogen) atoms. The molecule has 0 bridgehead atoms. The minimum Gasteiger partial charge on any atom is -0.382 e. The van der Waals surface area contributed by atoms with Crippen LogP contribution in [0.4, 0.5) is 0 Å². The van der Waals surface area contributed by atoms with Crippen LogP contribution in [0.25, 0.3) is 0 Å². The third kappa shape index (κ3) is 3.64. The van der Waals surface area contributed by atoms with Crippen molar-refractivity contribution in [2.45, 2.75) is 45.8 Å². The second-order valence-electron chi connectivity index (χ2n) is 4.39. The molecule has 0 spiro atoms. The predicted octanol–water partition coefficient (Wildman–Crippen LogP) is 3.22. The second-order valence-corrected chi connectivity index (χ2v) is 5.24. The first-order valence-electron chi connectivity index (χ1n) is 5.76. The van der Waals surface area contributed by atoms with Crippen LogP contribution >= 0.6 is 15.9 Å². The summed E-state index contributed by atoms with van der Waals surface area (Å²) in [5.74, 6) is 0.104. The fraction of sp³-hybridized carbons (Fsp3) is 0.667. The molecule has 1 heterocycles. The van der Waals surface area contributed by atoms with E-state index < -0.39 is 0 Å². The average Bonchev–Trinajstić information content (AvgIpc) is 2.67. The van der Waals surface area contributed by atoms with Gasteiger partial charge in [-0.05, 0) is 43.1 Å². The lowest BCUT2D eigenvalue weighted by molar-refractivity contribution is 0.0867. The zero-order valence-electron chi connectivity index (χ0n) is 10.7. The van der Waals surface area contributed by atoms with Gasteiger partial charge in [0.15, 0.2) is 5.78 Å². The molecule has 0 aliphatic heterocycles. The van der Waals surface area contributed by atoms with E-state index in [1.165, 1.54) is 0 Å². The summed E-state index contributed by atoms with van der Waals surface area (Å²) < 4.78 is 7.66. The van der Waals surface area contributed by atoms with Crippen molar-refractivity contribution in [3.63, 3.8) is 0 Å². The van der Waals surface area contributed by atoms with Gasteiger partial charge in [-0.2, -0.15) is 5.10 Å². The van der Waals surface area contributed by atoms with E-state index in [0.717, 1.165) is 10.9 Å². The first kappa shape index (κ1) is 14.4. The minimum atomic E-state index is 0.104. The van der Waals surface area contributed by atoms with Crippen LogP contribution in [0.2, 0.25) is 0 Å². The molecule has 1 atom stereocenters. The summed E-state index contributed by atoms with van der Waals surface area (Å²) in [4.78, 5) is 12.1. The molecule has 1 rings (SSSR count). The van der Waals surface area contributed by atoms with Crippen LogP contribution in [0.1, 0.15) is 50.1 Å². The Morgan fingerprint density at radius 1 is 1.53 bits per heavy atom. The Balaban J connectivity index is 2.78. The van der Waals surface area contributed by atoms with Gasteiger partial charge >= 0.3 is 0 Å². The SMILES string of the molecule is COC(C)CCC(=O)c1c(Br)cnn1C(C)C. The topological polar surface area (TPSA) is 44.1 Å². The Hall–Kier alpha value is -0.680. The van der Waals surface area contributed by atoms with E-state index in [0.29, 0.717) is 12.1 Å². The van der Waals surface area contributed by atoms with Crippen LogP contribution in [0.5, 0.6) is 0 Å². The minimum absolute atomic E-state index is 0.104. The molecule has 4 nitrogen and oxygen atoms in total. The summed E-state index contributed by atoms with van der Waals surface area (Å²) in [5.41, 5.74) is 0.656. The van der Waals surface area contributed by atoms with Crippen LogP contribution in [0, 0.1) is 0 Å².